The standard InChI is InChI=1S/C13H16O2/c1-4-13(3,14)12-8-10-7-9(2)5-6-11(10)15-12/h5-8,14H,4H2,1-3H3. The molecule has 2 rings (SSSR count). The van der Waals surface area contributed by atoms with Crippen LogP contribution in [0.4, 0.5) is 0 Å². The Morgan fingerprint density at radius 3 is 2.73 bits per heavy atom. The highest BCUT2D eigenvalue weighted by molar-refractivity contribution is 5.78. The van der Waals surface area contributed by atoms with Crippen molar-refractivity contribution in [2.24, 2.45) is 0 Å². The van der Waals surface area contributed by atoms with E-state index < -0.39 is 5.60 Å². The minimum Gasteiger partial charge on any atom is -0.458 e. The SMILES string of the molecule is CCC(C)(O)c1cc2cc(C)ccc2o1. The maximum absolute atomic E-state index is 10.1. The number of fused-ring (bicyclic) bond motifs is 1. The van der Waals surface area contributed by atoms with Crippen LogP contribution in [0.5, 0.6) is 0 Å². The number of aryl methyl sites for hydroxylation is 1. The van der Waals surface area contributed by atoms with Gasteiger partial charge in [-0.25, -0.2) is 0 Å². The molecule has 2 nitrogen and oxygen atoms in total. The molecule has 1 heterocycles. The van der Waals surface area contributed by atoms with Crippen LogP contribution in [0.15, 0.2) is 28.7 Å². The minimum absolute atomic E-state index is 0.644. The summed E-state index contributed by atoms with van der Waals surface area (Å²) in [5.74, 6) is 0.644. The second-order valence-electron chi connectivity index (χ2n) is 4.28. The second-order valence-corrected chi connectivity index (χ2v) is 4.28. The predicted octanol–water partition coefficient (Wildman–Crippen LogP) is 3.36. The molecule has 15 heavy (non-hydrogen) atoms. The lowest BCUT2D eigenvalue weighted by molar-refractivity contribution is 0.0318. The zero-order valence-electron chi connectivity index (χ0n) is 9.37. The first-order valence-corrected chi connectivity index (χ1v) is 5.26. The average Bonchev–Trinajstić information content (AvgIpc) is 2.61. The molecule has 1 N–H and O–H groups in total. The van der Waals surface area contributed by atoms with Crippen molar-refractivity contribution >= 4 is 11.0 Å². The van der Waals surface area contributed by atoms with Crippen molar-refractivity contribution in [1.29, 1.82) is 0 Å². The fourth-order valence-corrected chi connectivity index (χ4v) is 1.60. The van der Waals surface area contributed by atoms with Crippen LogP contribution in [0.1, 0.15) is 31.6 Å². The third-order valence-corrected chi connectivity index (χ3v) is 2.89. The molecule has 0 bridgehead atoms. The molecule has 0 radical (unpaired) electrons. The highest BCUT2D eigenvalue weighted by Crippen LogP contribution is 2.30. The van der Waals surface area contributed by atoms with Crippen molar-refractivity contribution in [3.63, 3.8) is 0 Å². The topological polar surface area (TPSA) is 33.4 Å². The third-order valence-electron chi connectivity index (χ3n) is 2.89. The highest BCUT2D eigenvalue weighted by atomic mass is 16.4. The summed E-state index contributed by atoms with van der Waals surface area (Å²) in [5, 5.41) is 11.1. The van der Waals surface area contributed by atoms with E-state index in [9.17, 15) is 5.11 Å². The molecule has 0 fully saturated rings. The summed E-state index contributed by atoms with van der Waals surface area (Å²) >= 11 is 0. The first-order valence-electron chi connectivity index (χ1n) is 5.26. The molecule has 0 aliphatic heterocycles. The van der Waals surface area contributed by atoms with Crippen LogP contribution in [-0.2, 0) is 5.60 Å². The van der Waals surface area contributed by atoms with E-state index in [0.29, 0.717) is 12.2 Å². The maximum Gasteiger partial charge on any atom is 0.136 e. The Bertz CT molecular complexity index is 480. The van der Waals surface area contributed by atoms with Crippen molar-refractivity contribution in [2.45, 2.75) is 32.8 Å². The van der Waals surface area contributed by atoms with E-state index in [1.54, 1.807) is 6.92 Å². The third kappa shape index (κ3) is 1.77. The number of rotatable bonds is 2. The van der Waals surface area contributed by atoms with Gasteiger partial charge in [0.25, 0.3) is 0 Å². The van der Waals surface area contributed by atoms with E-state index in [4.69, 9.17) is 4.42 Å². The summed E-state index contributed by atoms with van der Waals surface area (Å²) in [6, 6.07) is 7.94. The van der Waals surface area contributed by atoms with Crippen LogP contribution in [0, 0.1) is 6.92 Å². The molecule has 0 aliphatic carbocycles. The van der Waals surface area contributed by atoms with Gasteiger partial charge in [-0.05, 0) is 38.5 Å². The molecule has 0 saturated heterocycles. The summed E-state index contributed by atoms with van der Waals surface area (Å²) in [7, 11) is 0. The van der Waals surface area contributed by atoms with E-state index in [0.717, 1.165) is 11.0 Å². The molecule has 1 atom stereocenters. The van der Waals surface area contributed by atoms with Crippen LogP contribution >= 0.6 is 0 Å². The maximum atomic E-state index is 10.1. The van der Waals surface area contributed by atoms with Crippen molar-refractivity contribution in [3.8, 4) is 0 Å². The Hall–Kier alpha value is -1.28. The van der Waals surface area contributed by atoms with Gasteiger partial charge in [0.2, 0.25) is 0 Å². The molecule has 80 valence electrons. The van der Waals surface area contributed by atoms with Gasteiger partial charge >= 0.3 is 0 Å². The molecule has 0 spiro atoms. The lowest BCUT2D eigenvalue weighted by Gasteiger charge is -2.17. The van der Waals surface area contributed by atoms with Gasteiger partial charge in [0.15, 0.2) is 0 Å². The summed E-state index contributed by atoms with van der Waals surface area (Å²) in [6.45, 7) is 5.76. The molecule has 0 saturated carbocycles. The van der Waals surface area contributed by atoms with Gasteiger partial charge in [0, 0.05) is 5.39 Å². The number of benzene rings is 1. The Morgan fingerprint density at radius 2 is 2.07 bits per heavy atom. The molecule has 2 heteroatoms. The van der Waals surface area contributed by atoms with E-state index in [1.165, 1.54) is 5.56 Å². The molecule has 0 amide bonds. The highest BCUT2D eigenvalue weighted by Gasteiger charge is 2.24. The molecular weight excluding hydrogens is 188 g/mol. The minimum atomic E-state index is -0.868. The van der Waals surface area contributed by atoms with Crippen molar-refractivity contribution in [3.05, 3.63) is 35.6 Å². The summed E-state index contributed by atoms with van der Waals surface area (Å²) in [5.41, 5.74) is 1.17. The van der Waals surface area contributed by atoms with Crippen molar-refractivity contribution < 1.29 is 9.52 Å². The largest absolute Gasteiger partial charge is 0.458 e. The Labute approximate surface area is 89.5 Å². The van der Waals surface area contributed by atoms with Gasteiger partial charge < -0.3 is 9.52 Å². The molecule has 1 aromatic carbocycles. The van der Waals surface area contributed by atoms with E-state index in [2.05, 4.69) is 6.07 Å². The average molecular weight is 204 g/mol. The monoisotopic (exact) mass is 204 g/mol. The van der Waals surface area contributed by atoms with Crippen LogP contribution in [0.25, 0.3) is 11.0 Å². The van der Waals surface area contributed by atoms with Crippen LogP contribution in [-0.4, -0.2) is 5.11 Å². The Kier molecular flexibility index (Phi) is 2.31. The predicted molar refractivity (Wildman–Crippen MR) is 60.8 cm³/mol. The zero-order chi connectivity index (χ0) is 11.1. The second kappa shape index (κ2) is 3.38. The van der Waals surface area contributed by atoms with Crippen molar-refractivity contribution in [1.82, 2.24) is 0 Å². The number of hydrogen-bond donors (Lipinski definition) is 1. The number of aliphatic hydroxyl groups is 1. The molecular formula is C13H16O2. The fourth-order valence-electron chi connectivity index (χ4n) is 1.60. The van der Waals surface area contributed by atoms with Gasteiger partial charge in [-0.3, -0.25) is 0 Å². The van der Waals surface area contributed by atoms with Gasteiger partial charge in [0.05, 0.1) is 0 Å². The van der Waals surface area contributed by atoms with Crippen LogP contribution < -0.4 is 0 Å². The summed E-state index contributed by atoms with van der Waals surface area (Å²) in [4.78, 5) is 0. The molecule has 0 aliphatic rings. The summed E-state index contributed by atoms with van der Waals surface area (Å²) in [6.07, 6.45) is 0.645. The van der Waals surface area contributed by atoms with Crippen LogP contribution in [0.2, 0.25) is 0 Å². The van der Waals surface area contributed by atoms with E-state index in [1.807, 2.05) is 32.0 Å². The molecule has 1 aromatic heterocycles. The molecule has 1 unspecified atom stereocenters. The van der Waals surface area contributed by atoms with E-state index >= 15 is 0 Å². The lowest BCUT2D eigenvalue weighted by Crippen LogP contribution is -2.18. The van der Waals surface area contributed by atoms with Gasteiger partial charge in [-0.1, -0.05) is 18.6 Å². The smallest absolute Gasteiger partial charge is 0.136 e. The Morgan fingerprint density at radius 1 is 1.33 bits per heavy atom. The Balaban J connectivity index is 2.56. The molecule has 2 aromatic rings. The zero-order valence-corrected chi connectivity index (χ0v) is 9.37. The quantitative estimate of drug-likeness (QED) is 0.813. The first-order chi connectivity index (χ1) is 7.03. The summed E-state index contributed by atoms with van der Waals surface area (Å²) < 4.78 is 5.63. The lowest BCUT2D eigenvalue weighted by atomic mass is 10.0. The van der Waals surface area contributed by atoms with Gasteiger partial charge in [-0.15, -0.1) is 0 Å². The van der Waals surface area contributed by atoms with Gasteiger partial charge in [0.1, 0.15) is 16.9 Å². The first kappa shape index (κ1) is 10.2. The number of furan rings is 1. The van der Waals surface area contributed by atoms with E-state index in [-0.39, 0.29) is 0 Å². The van der Waals surface area contributed by atoms with Gasteiger partial charge in [-0.2, -0.15) is 0 Å². The number of hydrogen-bond acceptors (Lipinski definition) is 2. The van der Waals surface area contributed by atoms with Crippen molar-refractivity contribution in [2.75, 3.05) is 0 Å². The fraction of sp³-hybridized carbons (Fsp3) is 0.385. The van der Waals surface area contributed by atoms with Crippen LogP contribution in [0.3, 0.4) is 0 Å². The normalized spacial score (nSPS) is 15.5.